The van der Waals surface area contributed by atoms with Gasteiger partial charge in [-0.15, -0.1) is 5.10 Å². The summed E-state index contributed by atoms with van der Waals surface area (Å²) in [6.45, 7) is 5.50. The van der Waals surface area contributed by atoms with E-state index in [4.69, 9.17) is 5.73 Å². The van der Waals surface area contributed by atoms with Crippen LogP contribution in [0.3, 0.4) is 0 Å². The Morgan fingerprint density at radius 1 is 1.65 bits per heavy atom. The number of hydrogen-bond donors (Lipinski definition) is 2. The molecule has 0 atom stereocenters. The van der Waals surface area contributed by atoms with E-state index < -0.39 is 0 Å². The van der Waals surface area contributed by atoms with Crippen LogP contribution in [0.2, 0.25) is 0 Å². The zero-order valence-electron chi connectivity index (χ0n) is 10.4. The third-order valence-corrected chi connectivity index (χ3v) is 2.45. The van der Waals surface area contributed by atoms with Crippen LogP contribution in [-0.2, 0) is 6.54 Å². The Balaban J connectivity index is 2.36. The largest absolute Gasteiger partial charge is 0.349 e. The van der Waals surface area contributed by atoms with E-state index >= 15 is 0 Å². The number of nitrogens with zero attached hydrogens (tertiary/aromatic N) is 4. The standard InChI is InChI=1S/C10H20N6O/c1-3-15(2)7-5-12-10(17)9-8-16(6-4-11)14-13-9/h8H,3-7,11H2,1-2H3,(H,12,17). The van der Waals surface area contributed by atoms with Gasteiger partial charge in [0.05, 0.1) is 12.7 Å². The Kier molecular flexibility index (Phi) is 5.58. The maximum atomic E-state index is 11.7. The monoisotopic (exact) mass is 240 g/mol. The van der Waals surface area contributed by atoms with Crippen molar-refractivity contribution in [3.63, 3.8) is 0 Å². The van der Waals surface area contributed by atoms with Crippen LogP contribution in [0.25, 0.3) is 0 Å². The molecule has 0 aromatic carbocycles. The van der Waals surface area contributed by atoms with Crippen molar-refractivity contribution in [2.24, 2.45) is 5.73 Å². The van der Waals surface area contributed by atoms with Crippen molar-refractivity contribution in [1.82, 2.24) is 25.2 Å². The van der Waals surface area contributed by atoms with Gasteiger partial charge < -0.3 is 16.0 Å². The molecule has 3 N–H and O–H groups in total. The van der Waals surface area contributed by atoms with E-state index in [-0.39, 0.29) is 5.91 Å². The number of nitrogens with one attached hydrogen (secondary N) is 1. The van der Waals surface area contributed by atoms with Gasteiger partial charge in [0.2, 0.25) is 0 Å². The summed E-state index contributed by atoms with van der Waals surface area (Å²) < 4.78 is 1.56. The van der Waals surface area contributed by atoms with E-state index in [9.17, 15) is 4.79 Å². The molecule has 0 radical (unpaired) electrons. The van der Waals surface area contributed by atoms with Gasteiger partial charge in [0.25, 0.3) is 5.91 Å². The summed E-state index contributed by atoms with van der Waals surface area (Å²) in [5, 5.41) is 10.4. The summed E-state index contributed by atoms with van der Waals surface area (Å²) in [6.07, 6.45) is 1.60. The van der Waals surface area contributed by atoms with Crippen molar-refractivity contribution in [2.45, 2.75) is 13.5 Å². The van der Waals surface area contributed by atoms with Gasteiger partial charge in [0.1, 0.15) is 0 Å². The van der Waals surface area contributed by atoms with Gasteiger partial charge in [-0.05, 0) is 13.6 Å². The lowest BCUT2D eigenvalue weighted by Crippen LogP contribution is -2.33. The summed E-state index contributed by atoms with van der Waals surface area (Å²) in [4.78, 5) is 13.8. The molecule has 0 aliphatic heterocycles. The number of amides is 1. The molecule has 0 fully saturated rings. The van der Waals surface area contributed by atoms with Crippen LogP contribution in [0.15, 0.2) is 6.20 Å². The summed E-state index contributed by atoms with van der Waals surface area (Å²) in [5.74, 6) is -0.197. The van der Waals surface area contributed by atoms with E-state index in [1.807, 2.05) is 7.05 Å². The summed E-state index contributed by atoms with van der Waals surface area (Å²) in [7, 11) is 2.00. The van der Waals surface area contributed by atoms with E-state index in [0.717, 1.165) is 13.1 Å². The molecule has 0 unspecified atom stereocenters. The van der Waals surface area contributed by atoms with E-state index in [1.54, 1.807) is 10.9 Å². The molecule has 0 aliphatic rings. The number of likely N-dealkylation sites (N-methyl/N-ethyl adjacent to an activating group) is 1. The average Bonchev–Trinajstić information content (AvgIpc) is 2.78. The van der Waals surface area contributed by atoms with Crippen molar-refractivity contribution in [3.8, 4) is 0 Å². The first-order chi connectivity index (χ1) is 8.17. The highest BCUT2D eigenvalue weighted by atomic mass is 16.2. The molecule has 1 amide bonds. The first-order valence-corrected chi connectivity index (χ1v) is 5.74. The van der Waals surface area contributed by atoms with Gasteiger partial charge in [0, 0.05) is 19.6 Å². The number of aromatic nitrogens is 3. The molecule has 0 saturated carbocycles. The minimum absolute atomic E-state index is 0.197. The number of nitrogens with two attached hydrogens (primary N) is 1. The predicted octanol–water partition coefficient (Wildman–Crippen LogP) is -1.08. The predicted molar refractivity (Wildman–Crippen MR) is 64.6 cm³/mol. The van der Waals surface area contributed by atoms with Crippen molar-refractivity contribution < 1.29 is 4.79 Å². The van der Waals surface area contributed by atoms with Crippen LogP contribution in [0.1, 0.15) is 17.4 Å². The van der Waals surface area contributed by atoms with Crippen LogP contribution in [0, 0.1) is 0 Å². The second-order valence-corrected chi connectivity index (χ2v) is 3.81. The molecule has 96 valence electrons. The van der Waals surface area contributed by atoms with Crippen molar-refractivity contribution >= 4 is 5.91 Å². The molecule has 1 aromatic rings. The molecule has 17 heavy (non-hydrogen) atoms. The van der Waals surface area contributed by atoms with Crippen molar-refractivity contribution in [1.29, 1.82) is 0 Å². The first-order valence-electron chi connectivity index (χ1n) is 5.74. The Bertz CT molecular complexity index is 350. The van der Waals surface area contributed by atoms with Crippen LogP contribution >= 0.6 is 0 Å². The molecular weight excluding hydrogens is 220 g/mol. The SMILES string of the molecule is CCN(C)CCNC(=O)c1cn(CCN)nn1. The molecule has 0 aliphatic carbocycles. The first kappa shape index (κ1) is 13.6. The Morgan fingerprint density at radius 2 is 2.41 bits per heavy atom. The quantitative estimate of drug-likeness (QED) is 0.632. The van der Waals surface area contributed by atoms with E-state index in [2.05, 4.69) is 27.5 Å². The van der Waals surface area contributed by atoms with Crippen LogP contribution in [0.5, 0.6) is 0 Å². The number of rotatable bonds is 7. The van der Waals surface area contributed by atoms with Crippen molar-refractivity contribution in [3.05, 3.63) is 11.9 Å². The van der Waals surface area contributed by atoms with Gasteiger partial charge in [-0.2, -0.15) is 0 Å². The lowest BCUT2D eigenvalue weighted by molar-refractivity contribution is 0.0945. The lowest BCUT2D eigenvalue weighted by atomic mass is 10.4. The highest BCUT2D eigenvalue weighted by Crippen LogP contribution is 1.92. The molecule has 7 nitrogen and oxygen atoms in total. The van der Waals surface area contributed by atoms with Gasteiger partial charge in [-0.3, -0.25) is 9.48 Å². The van der Waals surface area contributed by atoms with Crippen LogP contribution in [-0.4, -0.2) is 59.0 Å². The highest BCUT2D eigenvalue weighted by Gasteiger charge is 2.09. The fraction of sp³-hybridized carbons (Fsp3) is 0.700. The maximum absolute atomic E-state index is 11.7. The summed E-state index contributed by atoms with van der Waals surface area (Å²) in [6, 6.07) is 0. The van der Waals surface area contributed by atoms with Gasteiger partial charge in [-0.1, -0.05) is 12.1 Å². The van der Waals surface area contributed by atoms with Gasteiger partial charge in [0.15, 0.2) is 5.69 Å². The Morgan fingerprint density at radius 3 is 3.06 bits per heavy atom. The Labute approximate surface area is 101 Å². The number of hydrogen-bond acceptors (Lipinski definition) is 5. The molecule has 1 rings (SSSR count). The average molecular weight is 240 g/mol. The van der Waals surface area contributed by atoms with E-state index in [0.29, 0.717) is 25.3 Å². The zero-order chi connectivity index (χ0) is 12.7. The number of carbonyl (C=O) groups is 1. The van der Waals surface area contributed by atoms with Gasteiger partial charge in [-0.25, -0.2) is 0 Å². The normalized spacial score (nSPS) is 10.8. The molecule has 0 spiro atoms. The van der Waals surface area contributed by atoms with Gasteiger partial charge >= 0.3 is 0 Å². The summed E-state index contributed by atoms with van der Waals surface area (Å²) >= 11 is 0. The lowest BCUT2D eigenvalue weighted by Gasteiger charge is -2.13. The fourth-order valence-corrected chi connectivity index (χ4v) is 1.25. The topological polar surface area (TPSA) is 89.1 Å². The molecule has 0 bridgehead atoms. The van der Waals surface area contributed by atoms with E-state index in [1.165, 1.54) is 0 Å². The minimum Gasteiger partial charge on any atom is -0.349 e. The van der Waals surface area contributed by atoms with Crippen molar-refractivity contribution in [2.75, 3.05) is 33.2 Å². The van der Waals surface area contributed by atoms with Crippen LogP contribution in [0.4, 0.5) is 0 Å². The fourth-order valence-electron chi connectivity index (χ4n) is 1.25. The second kappa shape index (κ2) is 6.97. The molecule has 1 aromatic heterocycles. The molecule has 7 heteroatoms. The maximum Gasteiger partial charge on any atom is 0.273 e. The highest BCUT2D eigenvalue weighted by molar-refractivity contribution is 5.91. The third kappa shape index (κ3) is 4.49. The second-order valence-electron chi connectivity index (χ2n) is 3.81. The number of carbonyl (C=O) groups excluding carboxylic acids is 1. The third-order valence-electron chi connectivity index (χ3n) is 2.45. The smallest absolute Gasteiger partial charge is 0.273 e. The molecule has 0 saturated heterocycles. The van der Waals surface area contributed by atoms with Crippen LogP contribution < -0.4 is 11.1 Å². The summed E-state index contributed by atoms with van der Waals surface area (Å²) in [5.41, 5.74) is 5.71. The molecular formula is C10H20N6O. The minimum atomic E-state index is -0.197. The molecule has 1 heterocycles. The zero-order valence-corrected chi connectivity index (χ0v) is 10.4. The Hall–Kier alpha value is -1.47.